The van der Waals surface area contributed by atoms with Gasteiger partial charge < -0.3 is 14.9 Å². The van der Waals surface area contributed by atoms with Crippen molar-refractivity contribution in [3.8, 4) is 0 Å². The Morgan fingerprint density at radius 3 is 2.86 bits per heavy atom. The Morgan fingerprint density at radius 1 is 1.34 bits per heavy atom. The summed E-state index contributed by atoms with van der Waals surface area (Å²) in [5, 5.41) is 20.7. The molecule has 5 aliphatic rings. The van der Waals surface area contributed by atoms with E-state index in [0.717, 1.165) is 44.1 Å². The van der Waals surface area contributed by atoms with Gasteiger partial charge in [0.2, 0.25) is 0 Å². The van der Waals surface area contributed by atoms with Crippen LogP contribution < -0.4 is 0 Å². The summed E-state index contributed by atoms with van der Waals surface area (Å²) < 4.78 is 4.63. The SMILES string of the molecule is C=C1C[C@@H]2[C@H](CC[C@@]3(CC)[C@H]2[C@@H]2C[C@@H]2[C@@]3(O)/C=C\OC(=O)O)[C@H]2CCC(=O)C=C12. The van der Waals surface area contributed by atoms with Crippen LogP contribution in [0.15, 0.2) is 36.1 Å². The lowest BCUT2D eigenvalue weighted by Gasteiger charge is -2.58. The summed E-state index contributed by atoms with van der Waals surface area (Å²) in [5.41, 5.74) is 1.08. The molecule has 0 radical (unpaired) electrons. The number of hydrogen-bond acceptors (Lipinski definition) is 4. The number of carboxylic acid groups (broad SMARTS) is 1. The number of aliphatic hydroxyl groups is 1. The highest BCUT2D eigenvalue weighted by Gasteiger charge is 2.76. The maximum Gasteiger partial charge on any atom is 0.510 e. The molecule has 2 N–H and O–H groups in total. The Kier molecular flexibility index (Phi) is 4.16. The van der Waals surface area contributed by atoms with Crippen LogP contribution in [0.1, 0.15) is 51.9 Å². The molecule has 5 nitrogen and oxygen atoms in total. The molecule has 4 fully saturated rings. The van der Waals surface area contributed by atoms with E-state index in [1.807, 2.05) is 6.08 Å². The molecule has 0 aromatic rings. The van der Waals surface area contributed by atoms with Crippen LogP contribution in [0, 0.1) is 40.9 Å². The lowest BCUT2D eigenvalue weighted by atomic mass is 9.47. The van der Waals surface area contributed by atoms with Crippen LogP contribution in [-0.4, -0.2) is 27.8 Å². The number of ether oxygens (including phenoxy) is 1. The van der Waals surface area contributed by atoms with Crippen LogP contribution in [0.25, 0.3) is 0 Å². The lowest BCUT2D eigenvalue weighted by molar-refractivity contribution is -0.125. The molecule has 5 rings (SSSR count). The zero-order valence-electron chi connectivity index (χ0n) is 17.0. The van der Waals surface area contributed by atoms with E-state index in [1.165, 1.54) is 11.8 Å². The number of allylic oxidation sites excluding steroid dienone is 2. The van der Waals surface area contributed by atoms with Gasteiger partial charge in [0.1, 0.15) is 0 Å². The largest absolute Gasteiger partial charge is 0.510 e. The molecule has 0 saturated heterocycles. The number of fused-ring (bicyclic) bond motifs is 7. The van der Waals surface area contributed by atoms with Gasteiger partial charge >= 0.3 is 6.16 Å². The minimum absolute atomic E-state index is 0.193. The summed E-state index contributed by atoms with van der Waals surface area (Å²) in [6.07, 6.45) is 9.68. The van der Waals surface area contributed by atoms with Gasteiger partial charge in [0.25, 0.3) is 0 Å². The van der Waals surface area contributed by atoms with Gasteiger partial charge in [0, 0.05) is 11.8 Å². The molecule has 5 heteroatoms. The average Bonchev–Trinajstić information content (AvgIpc) is 3.44. The fourth-order valence-corrected chi connectivity index (χ4v) is 8.14. The fraction of sp³-hybridized carbons (Fsp3) is 0.667. The Hall–Kier alpha value is -1.88. The van der Waals surface area contributed by atoms with Crippen molar-refractivity contribution in [2.45, 2.75) is 57.5 Å². The number of carbonyl (C=O) groups is 2. The van der Waals surface area contributed by atoms with Gasteiger partial charge in [0.05, 0.1) is 11.9 Å². The second-order valence-electron chi connectivity index (χ2n) is 9.94. The number of carbonyl (C=O) groups excluding carboxylic acids is 1. The molecule has 156 valence electrons. The highest BCUT2D eigenvalue weighted by atomic mass is 16.7. The van der Waals surface area contributed by atoms with Gasteiger partial charge in [-0.05, 0) is 91.8 Å². The van der Waals surface area contributed by atoms with Gasteiger partial charge in [-0.3, -0.25) is 4.79 Å². The molecule has 0 unspecified atom stereocenters. The average molecular weight is 398 g/mol. The van der Waals surface area contributed by atoms with E-state index < -0.39 is 11.8 Å². The second-order valence-corrected chi connectivity index (χ2v) is 9.94. The van der Waals surface area contributed by atoms with Gasteiger partial charge in [-0.15, -0.1) is 0 Å². The minimum Gasteiger partial charge on any atom is -0.449 e. The summed E-state index contributed by atoms with van der Waals surface area (Å²) in [5.74, 6) is 2.83. The van der Waals surface area contributed by atoms with Crippen molar-refractivity contribution in [3.05, 3.63) is 36.1 Å². The normalized spacial score (nSPS) is 47.7. The van der Waals surface area contributed by atoms with E-state index in [9.17, 15) is 14.7 Å². The Labute approximate surface area is 171 Å². The van der Waals surface area contributed by atoms with Crippen molar-refractivity contribution in [1.29, 1.82) is 0 Å². The fourth-order valence-electron chi connectivity index (χ4n) is 8.14. The highest BCUT2D eigenvalue weighted by Crippen LogP contribution is 2.77. The van der Waals surface area contributed by atoms with Crippen LogP contribution in [0.4, 0.5) is 4.79 Å². The molecule has 0 amide bonds. The molecule has 0 spiro atoms. The van der Waals surface area contributed by atoms with Gasteiger partial charge in [-0.2, -0.15) is 0 Å². The molecule has 5 aliphatic carbocycles. The molecule has 8 atom stereocenters. The predicted octanol–water partition coefficient (Wildman–Crippen LogP) is 4.48. The first-order valence-corrected chi connectivity index (χ1v) is 11.0. The molecule has 0 heterocycles. The number of ketones is 1. The quantitative estimate of drug-likeness (QED) is 0.541. The first kappa shape index (κ1) is 19.1. The number of rotatable bonds is 3. The van der Waals surface area contributed by atoms with Crippen molar-refractivity contribution < 1.29 is 24.5 Å². The van der Waals surface area contributed by atoms with E-state index in [0.29, 0.717) is 36.0 Å². The minimum atomic E-state index is -1.35. The van der Waals surface area contributed by atoms with Crippen LogP contribution in [0.2, 0.25) is 0 Å². The third-order valence-electron chi connectivity index (χ3n) is 9.18. The molecular weight excluding hydrogens is 368 g/mol. The van der Waals surface area contributed by atoms with Gasteiger partial charge in [0.15, 0.2) is 5.78 Å². The summed E-state index contributed by atoms with van der Waals surface area (Å²) in [6.45, 7) is 6.51. The summed E-state index contributed by atoms with van der Waals surface area (Å²) >= 11 is 0. The highest BCUT2D eigenvalue weighted by molar-refractivity contribution is 5.92. The van der Waals surface area contributed by atoms with Crippen molar-refractivity contribution in [1.82, 2.24) is 0 Å². The Bertz CT molecular complexity index is 840. The molecule has 29 heavy (non-hydrogen) atoms. The molecule has 4 saturated carbocycles. The third-order valence-corrected chi connectivity index (χ3v) is 9.18. The Balaban J connectivity index is 1.50. The molecule has 0 bridgehead atoms. The summed E-state index contributed by atoms with van der Waals surface area (Å²) in [4.78, 5) is 22.8. The number of hydrogen-bond donors (Lipinski definition) is 2. The molecule has 0 aromatic carbocycles. The predicted molar refractivity (Wildman–Crippen MR) is 107 cm³/mol. The molecular formula is C24H30O5. The van der Waals surface area contributed by atoms with Crippen molar-refractivity contribution in [2.24, 2.45) is 40.9 Å². The zero-order valence-corrected chi connectivity index (χ0v) is 17.0. The van der Waals surface area contributed by atoms with Crippen LogP contribution in [0.3, 0.4) is 0 Å². The van der Waals surface area contributed by atoms with E-state index in [4.69, 9.17) is 5.11 Å². The van der Waals surface area contributed by atoms with Gasteiger partial charge in [-0.1, -0.05) is 19.1 Å². The Morgan fingerprint density at radius 2 is 2.14 bits per heavy atom. The van der Waals surface area contributed by atoms with Crippen molar-refractivity contribution in [3.63, 3.8) is 0 Å². The first-order valence-electron chi connectivity index (χ1n) is 11.0. The van der Waals surface area contributed by atoms with E-state index in [2.05, 4.69) is 18.2 Å². The maximum atomic E-state index is 12.0. The topological polar surface area (TPSA) is 83.8 Å². The summed E-state index contributed by atoms with van der Waals surface area (Å²) in [7, 11) is 0. The van der Waals surface area contributed by atoms with E-state index >= 15 is 0 Å². The molecule has 0 aromatic heterocycles. The van der Waals surface area contributed by atoms with Crippen LogP contribution >= 0.6 is 0 Å². The van der Waals surface area contributed by atoms with Crippen molar-refractivity contribution >= 4 is 11.9 Å². The standard InChI is InChI=1S/C24H30O5/c1-3-23-7-6-16-15-5-4-14(25)11-17(15)13(2)10-18(16)21(23)19-12-20(19)24(23,28)8-9-29-22(26)27/h8-9,11,15-16,18-21,28H,2-7,10,12H2,1H3,(H,26,27)/b9-8-/t15-,16-,18-,19-,20+,21-,23+,24+/m1/s1. The van der Waals surface area contributed by atoms with Crippen LogP contribution in [-0.2, 0) is 9.53 Å². The molecule has 0 aliphatic heterocycles. The second kappa shape index (κ2) is 6.31. The summed E-state index contributed by atoms with van der Waals surface area (Å²) in [6, 6.07) is 0. The third kappa shape index (κ3) is 2.49. The monoisotopic (exact) mass is 398 g/mol. The first-order chi connectivity index (χ1) is 13.8. The van der Waals surface area contributed by atoms with Gasteiger partial charge in [-0.25, -0.2) is 4.79 Å². The van der Waals surface area contributed by atoms with Crippen LogP contribution in [0.5, 0.6) is 0 Å². The van der Waals surface area contributed by atoms with Crippen molar-refractivity contribution in [2.75, 3.05) is 0 Å². The van der Waals surface area contributed by atoms with E-state index in [-0.39, 0.29) is 17.1 Å². The lowest BCUT2D eigenvalue weighted by Crippen LogP contribution is -2.55. The van der Waals surface area contributed by atoms with E-state index in [1.54, 1.807) is 6.08 Å². The zero-order chi connectivity index (χ0) is 20.6. The maximum absolute atomic E-state index is 12.0. The smallest absolute Gasteiger partial charge is 0.449 e.